The Morgan fingerprint density at radius 1 is 0.929 bits per heavy atom. The van der Waals surface area contributed by atoms with Crippen molar-refractivity contribution >= 4 is 8.58 Å². The Kier molecular flexibility index (Phi) is 7.78. The highest BCUT2D eigenvalue weighted by atomic mass is 31.1. The molecule has 0 aromatic rings. The second kappa shape index (κ2) is 8.72. The molecule has 1 aliphatic carbocycles. The summed E-state index contributed by atoms with van der Waals surface area (Å²) >= 11 is 0. The SMILES string of the molecule is CCCCCCCC[P]C1CCCC1. The molecule has 0 atom stereocenters. The molecule has 14 heavy (non-hydrogen) atoms. The Hall–Kier alpha value is 0.430. The summed E-state index contributed by atoms with van der Waals surface area (Å²) in [5, 5.41) is 0. The third-order valence-electron chi connectivity index (χ3n) is 3.22. The molecule has 0 unspecified atom stereocenters. The van der Waals surface area contributed by atoms with Gasteiger partial charge in [-0.25, -0.2) is 0 Å². The van der Waals surface area contributed by atoms with E-state index < -0.39 is 0 Å². The molecule has 1 rings (SSSR count). The van der Waals surface area contributed by atoms with Gasteiger partial charge in [0.05, 0.1) is 0 Å². The largest absolute Gasteiger partial charge is 0.0775 e. The first kappa shape index (κ1) is 12.5. The van der Waals surface area contributed by atoms with Gasteiger partial charge in [0.25, 0.3) is 0 Å². The molecular formula is C13H26P. The summed E-state index contributed by atoms with van der Waals surface area (Å²) in [6, 6.07) is 0. The van der Waals surface area contributed by atoms with E-state index in [4.69, 9.17) is 0 Å². The Morgan fingerprint density at radius 2 is 1.57 bits per heavy atom. The van der Waals surface area contributed by atoms with Gasteiger partial charge in [-0.05, 0) is 31.1 Å². The summed E-state index contributed by atoms with van der Waals surface area (Å²) in [5.74, 6) is 0. The molecule has 1 radical (unpaired) electrons. The molecule has 0 nitrogen and oxygen atoms in total. The molecule has 0 amide bonds. The zero-order valence-electron chi connectivity index (χ0n) is 9.80. The highest BCUT2D eigenvalue weighted by molar-refractivity contribution is 7.38. The van der Waals surface area contributed by atoms with Gasteiger partial charge in [0, 0.05) is 0 Å². The first-order chi connectivity index (χ1) is 6.93. The summed E-state index contributed by atoms with van der Waals surface area (Å²) in [6.07, 6.45) is 16.3. The van der Waals surface area contributed by atoms with Crippen LogP contribution in [-0.4, -0.2) is 11.8 Å². The van der Waals surface area contributed by atoms with Crippen LogP contribution in [0.15, 0.2) is 0 Å². The minimum absolute atomic E-state index is 1.09. The average Bonchev–Trinajstić information content (AvgIpc) is 2.69. The van der Waals surface area contributed by atoms with Crippen molar-refractivity contribution in [2.45, 2.75) is 76.8 Å². The molecule has 1 aliphatic rings. The Morgan fingerprint density at radius 3 is 2.29 bits per heavy atom. The summed E-state index contributed by atoms with van der Waals surface area (Å²) in [6.45, 7) is 2.29. The molecule has 0 bridgehead atoms. The highest BCUT2D eigenvalue weighted by Crippen LogP contribution is 2.34. The molecule has 0 spiro atoms. The Balaban J connectivity index is 1.75. The summed E-state index contributed by atoms with van der Waals surface area (Å²) in [5.41, 5.74) is 1.09. The smallest absolute Gasteiger partial charge is 0.0170 e. The Bertz CT molecular complexity index is 116. The van der Waals surface area contributed by atoms with E-state index in [0.717, 1.165) is 5.66 Å². The van der Waals surface area contributed by atoms with E-state index in [1.54, 1.807) is 8.58 Å². The van der Waals surface area contributed by atoms with Crippen LogP contribution in [0.1, 0.15) is 71.1 Å². The number of rotatable bonds is 8. The van der Waals surface area contributed by atoms with Gasteiger partial charge in [-0.1, -0.05) is 60.5 Å². The van der Waals surface area contributed by atoms with Gasteiger partial charge in [0.1, 0.15) is 0 Å². The molecule has 83 valence electrons. The molecular weight excluding hydrogens is 187 g/mol. The molecule has 0 aromatic carbocycles. The predicted molar refractivity (Wildman–Crippen MR) is 67.4 cm³/mol. The molecule has 1 heteroatoms. The van der Waals surface area contributed by atoms with Crippen LogP contribution < -0.4 is 0 Å². The topological polar surface area (TPSA) is 0 Å². The second-order valence-corrected chi connectivity index (χ2v) is 6.15. The fourth-order valence-corrected chi connectivity index (χ4v) is 3.75. The lowest BCUT2D eigenvalue weighted by molar-refractivity contribution is 0.626. The molecule has 0 aromatic heterocycles. The number of hydrogen-bond donors (Lipinski definition) is 0. The van der Waals surface area contributed by atoms with Crippen molar-refractivity contribution in [1.82, 2.24) is 0 Å². The van der Waals surface area contributed by atoms with Crippen molar-refractivity contribution in [3.8, 4) is 0 Å². The third kappa shape index (κ3) is 6.02. The lowest BCUT2D eigenvalue weighted by Crippen LogP contribution is -1.92. The van der Waals surface area contributed by atoms with Crippen molar-refractivity contribution in [1.29, 1.82) is 0 Å². The first-order valence-corrected chi connectivity index (χ1v) is 7.75. The van der Waals surface area contributed by atoms with Crippen molar-refractivity contribution in [3.63, 3.8) is 0 Å². The van der Waals surface area contributed by atoms with Gasteiger partial charge < -0.3 is 0 Å². The van der Waals surface area contributed by atoms with Gasteiger partial charge in [0.15, 0.2) is 0 Å². The van der Waals surface area contributed by atoms with Crippen LogP contribution in [0.3, 0.4) is 0 Å². The number of unbranched alkanes of at least 4 members (excludes halogenated alkanes) is 5. The van der Waals surface area contributed by atoms with Gasteiger partial charge in [-0.2, -0.15) is 0 Å². The minimum atomic E-state index is 1.09. The van der Waals surface area contributed by atoms with Gasteiger partial charge >= 0.3 is 0 Å². The third-order valence-corrected chi connectivity index (χ3v) is 4.83. The monoisotopic (exact) mass is 213 g/mol. The van der Waals surface area contributed by atoms with Crippen LogP contribution in [0, 0.1) is 0 Å². The fraction of sp³-hybridized carbons (Fsp3) is 1.00. The maximum absolute atomic E-state index is 2.29. The molecule has 1 saturated carbocycles. The first-order valence-electron chi connectivity index (χ1n) is 6.60. The quantitative estimate of drug-likeness (QED) is 0.382. The summed E-state index contributed by atoms with van der Waals surface area (Å²) in [4.78, 5) is 0. The van der Waals surface area contributed by atoms with Crippen LogP contribution in [-0.2, 0) is 0 Å². The highest BCUT2D eigenvalue weighted by Gasteiger charge is 2.14. The average molecular weight is 213 g/mol. The van der Waals surface area contributed by atoms with E-state index in [2.05, 4.69) is 6.92 Å². The maximum Gasteiger partial charge on any atom is -0.0170 e. The lowest BCUT2D eigenvalue weighted by Gasteiger charge is -2.07. The van der Waals surface area contributed by atoms with Crippen LogP contribution >= 0.6 is 8.58 Å². The van der Waals surface area contributed by atoms with E-state index in [9.17, 15) is 0 Å². The molecule has 0 saturated heterocycles. The van der Waals surface area contributed by atoms with Crippen LogP contribution in [0.2, 0.25) is 0 Å². The maximum atomic E-state index is 2.29. The van der Waals surface area contributed by atoms with E-state index in [1.165, 1.54) is 70.4 Å². The predicted octanol–water partition coefficient (Wildman–Crippen LogP) is 5.24. The van der Waals surface area contributed by atoms with Crippen molar-refractivity contribution in [2.24, 2.45) is 0 Å². The van der Waals surface area contributed by atoms with Crippen molar-refractivity contribution in [3.05, 3.63) is 0 Å². The number of hydrogen-bond acceptors (Lipinski definition) is 0. The zero-order valence-corrected chi connectivity index (χ0v) is 10.7. The van der Waals surface area contributed by atoms with E-state index in [1.807, 2.05) is 0 Å². The van der Waals surface area contributed by atoms with Gasteiger partial charge in [-0.3, -0.25) is 0 Å². The van der Waals surface area contributed by atoms with Crippen LogP contribution in [0.25, 0.3) is 0 Å². The molecule has 0 heterocycles. The normalized spacial score (nSPS) is 18.6. The standard InChI is InChI=1S/C13H26P/c1-2-3-4-5-6-9-12-14-13-10-7-8-11-13/h13H,2-12H2,1H3. The van der Waals surface area contributed by atoms with E-state index >= 15 is 0 Å². The van der Waals surface area contributed by atoms with E-state index in [-0.39, 0.29) is 0 Å². The summed E-state index contributed by atoms with van der Waals surface area (Å²) in [7, 11) is 1.77. The lowest BCUT2D eigenvalue weighted by atomic mass is 10.1. The fourth-order valence-electron chi connectivity index (χ4n) is 2.25. The van der Waals surface area contributed by atoms with Crippen LogP contribution in [0.4, 0.5) is 0 Å². The molecule has 0 aliphatic heterocycles. The van der Waals surface area contributed by atoms with E-state index in [0.29, 0.717) is 0 Å². The van der Waals surface area contributed by atoms with Gasteiger partial charge in [-0.15, -0.1) is 0 Å². The van der Waals surface area contributed by atoms with Crippen LogP contribution in [0.5, 0.6) is 0 Å². The minimum Gasteiger partial charge on any atom is -0.0775 e. The molecule has 0 N–H and O–H groups in total. The van der Waals surface area contributed by atoms with Crippen molar-refractivity contribution < 1.29 is 0 Å². The Labute approximate surface area is 92.0 Å². The second-order valence-electron chi connectivity index (χ2n) is 4.61. The molecule has 1 fully saturated rings. The summed E-state index contributed by atoms with van der Waals surface area (Å²) < 4.78 is 0. The van der Waals surface area contributed by atoms with Crippen molar-refractivity contribution in [2.75, 3.05) is 6.16 Å². The van der Waals surface area contributed by atoms with Gasteiger partial charge in [0.2, 0.25) is 0 Å². The zero-order chi connectivity index (χ0) is 10.1.